The molecule has 106 valence electrons. The lowest BCUT2D eigenvalue weighted by molar-refractivity contribution is 0.339. The van der Waals surface area contributed by atoms with Crippen molar-refractivity contribution in [1.82, 2.24) is 0 Å². The smallest absolute Gasteiger partial charge is 0.150 e. The second-order valence-electron chi connectivity index (χ2n) is 5.12. The van der Waals surface area contributed by atoms with Gasteiger partial charge in [-0.3, -0.25) is 0 Å². The Balaban J connectivity index is 2.00. The molecule has 0 spiro atoms. The van der Waals surface area contributed by atoms with Crippen molar-refractivity contribution >= 4 is 9.84 Å². The summed E-state index contributed by atoms with van der Waals surface area (Å²) in [5.74, 6) is 1.60. The predicted octanol–water partition coefficient (Wildman–Crippen LogP) is 1.91. The largest absolute Gasteiger partial charge is 0.494 e. The Labute approximate surface area is 114 Å². The highest BCUT2D eigenvalue weighted by molar-refractivity contribution is 7.91. The SMILES string of the molecule is CCOc1cccc(C(N)CC2CCS(=O)(=O)C2)c1. The van der Waals surface area contributed by atoms with Gasteiger partial charge in [-0.15, -0.1) is 0 Å². The summed E-state index contributed by atoms with van der Waals surface area (Å²) in [7, 11) is -2.82. The molecule has 1 saturated heterocycles. The lowest BCUT2D eigenvalue weighted by atomic mass is 9.95. The Morgan fingerprint density at radius 2 is 2.26 bits per heavy atom. The number of nitrogens with two attached hydrogens (primary N) is 1. The maximum Gasteiger partial charge on any atom is 0.150 e. The molecule has 1 aromatic carbocycles. The predicted molar refractivity (Wildman–Crippen MR) is 75.9 cm³/mol. The number of sulfone groups is 1. The van der Waals surface area contributed by atoms with Crippen LogP contribution < -0.4 is 10.5 Å². The van der Waals surface area contributed by atoms with Gasteiger partial charge >= 0.3 is 0 Å². The Morgan fingerprint density at radius 3 is 2.89 bits per heavy atom. The highest BCUT2D eigenvalue weighted by Crippen LogP contribution is 2.28. The second kappa shape index (κ2) is 5.92. The molecule has 1 fully saturated rings. The zero-order chi connectivity index (χ0) is 13.9. The first-order valence-electron chi connectivity index (χ1n) is 6.69. The lowest BCUT2D eigenvalue weighted by Gasteiger charge is -2.16. The molecule has 1 aliphatic heterocycles. The molecule has 0 amide bonds. The number of rotatable bonds is 5. The number of ether oxygens (including phenoxy) is 1. The van der Waals surface area contributed by atoms with Crippen LogP contribution in [0.25, 0.3) is 0 Å². The van der Waals surface area contributed by atoms with Crippen LogP contribution in [0.5, 0.6) is 5.75 Å². The molecule has 4 nitrogen and oxygen atoms in total. The minimum atomic E-state index is -2.82. The van der Waals surface area contributed by atoms with Crippen LogP contribution in [0.2, 0.25) is 0 Å². The molecule has 2 rings (SSSR count). The van der Waals surface area contributed by atoms with E-state index in [2.05, 4.69) is 0 Å². The van der Waals surface area contributed by atoms with E-state index in [0.29, 0.717) is 12.4 Å². The van der Waals surface area contributed by atoms with Gasteiger partial charge in [0.15, 0.2) is 9.84 Å². The molecule has 19 heavy (non-hydrogen) atoms. The molecule has 0 aromatic heterocycles. The third-order valence-electron chi connectivity index (χ3n) is 3.51. The summed E-state index contributed by atoms with van der Waals surface area (Å²) < 4.78 is 28.3. The fourth-order valence-corrected chi connectivity index (χ4v) is 4.43. The molecular formula is C14H21NO3S. The van der Waals surface area contributed by atoms with E-state index in [9.17, 15) is 8.42 Å². The topological polar surface area (TPSA) is 69.4 Å². The third kappa shape index (κ3) is 3.94. The highest BCUT2D eigenvalue weighted by atomic mass is 32.2. The average molecular weight is 283 g/mol. The average Bonchev–Trinajstić information content (AvgIpc) is 2.69. The van der Waals surface area contributed by atoms with E-state index in [1.807, 2.05) is 31.2 Å². The van der Waals surface area contributed by atoms with Gasteiger partial charge in [-0.25, -0.2) is 8.42 Å². The molecule has 2 unspecified atom stereocenters. The quantitative estimate of drug-likeness (QED) is 0.896. The maximum absolute atomic E-state index is 11.4. The molecule has 1 aromatic rings. The fourth-order valence-electron chi connectivity index (χ4n) is 2.55. The zero-order valence-corrected chi connectivity index (χ0v) is 12.0. The first-order chi connectivity index (χ1) is 9.00. The van der Waals surface area contributed by atoms with Crippen LogP contribution in [-0.2, 0) is 9.84 Å². The minimum absolute atomic E-state index is 0.126. The van der Waals surface area contributed by atoms with Gasteiger partial charge in [0.05, 0.1) is 18.1 Å². The summed E-state index contributed by atoms with van der Waals surface area (Å²) >= 11 is 0. The van der Waals surface area contributed by atoms with Crippen LogP contribution in [0.3, 0.4) is 0 Å². The van der Waals surface area contributed by atoms with E-state index in [1.54, 1.807) is 0 Å². The van der Waals surface area contributed by atoms with Gasteiger partial charge in [0.2, 0.25) is 0 Å². The van der Waals surface area contributed by atoms with Crippen molar-refractivity contribution in [3.8, 4) is 5.75 Å². The van der Waals surface area contributed by atoms with Crippen LogP contribution in [0.15, 0.2) is 24.3 Å². The van der Waals surface area contributed by atoms with Crippen molar-refractivity contribution < 1.29 is 13.2 Å². The van der Waals surface area contributed by atoms with Gasteiger partial charge in [-0.1, -0.05) is 12.1 Å². The van der Waals surface area contributed by atoms with Crippen molar-refractivity contribution in [3.05, 3.63) is 29.8 Å². The number of hydrogen-bond acceptors (Lipinski definition) is 4. The highest BCUT2D eigenvalue weighted by Gasteiger charge is 2.29. The van der Waals surface area contributed by atoms with E-state index in [1.165, 1.54) is 0 Å². The molecule has 0 aliphatic carbocycles. The van der Waals surface area contributed by atoms with Gasteiger partial charge in [-0.05, 0) is 43.4 Å². The van der Waals surface area contributed by atoms with Gasteiger partial charge in [-0.2, -0.15) is 0 Å². The molecule has 2 N–H and O–H groups in total. The van der Waals surface area contributed by atoms with Crippen LogP contribution in [0, 0.1) is 5.92 Å². The van der Waals surface area contributed by atoms with Gasteiger partial charge < -0.3 is 10.5 Å². The first-order valence-corrected chi connectivity index (χ1v) is 8.51. The molecule has 1 heterocycles. The van der Waals surface area contributed by atoms with Crippen molar-refractivity contribution in [3.63, 3.8) is 0 Å². The van der Waals surface area contributed by atoms with E-state index >= 15 is 0 Å². The second-order valence-corrected chi connectivity index (χ2v) is 7.35. The van der Waals surface area contributed by atoms with E-state index in [4.69, 9.17) is 10.5 Å². The molecule has 0 bridgehead atoms. The fraction of sp³-hybridized carbons (Fsp3) is 0.571. The normalized spacial score (nSPS) is 23.2. The van der Waals surface area contributed by atoms with Gasteiger partial charge in [0.25, 0.3) is 0 Å². The standard InChI is InChI=1S/C14H21NO3S/c1-2-18-13-5-3-4-12(9-13)14(15)8-11-6-7-19(16,17)10-11/h3-5,9,11,14H,2,6-8,10,15H2,1H3. The van der Waals surface area contributed by atoms with E-state index < -0.39 is 9.84 Å². The summed E-state index contributed by atoms with van der Waals surface area (Å²) in [6.07, 6.45) is 1.45. The number of hydrogen-bond donors (Lipinski definition) is 1. The molecular weight excluding hydrogens is 262 g/mol. The summed E-state index contributed by atoms with van der Waals surface area (Å²) in [6.45, 7) is 2.57. The number of benzene rings is 1. The summed E-state index contributed by atoms with van der Waals surface area (Å²) in [4.78, 5) is 0. The third-order valence-corrected chi connectivity index (χ3v) is 5.35. The first kappa shape index (κ1) is 14.3. The Bertz CT molecular complexity index is 527. The van der Waals surface area contributed by atoms with Crippen LogP contribution in [0.1, 0.15) is 31.4 Å². The van der Waals surface area contributed by atoms with Crippen molar-refractivity contribution in [1.29, 1.82) is 0 Å². The summed E-state index contributed by atoms with van der Waals surface area (Å²) in [6, 6.07) is 7.61. The van der Waals surface area contributed by atoms with Gasteiger partial charge in [0.1, 0.15) is 5.75 Å². The van der Waals surface area contributed by atoms with Gasteiger partial charge in [0, 0.05) is 6.04 Å². The van der Waals surface area contributed by atoms with Crippen molar-refractivity contribution in [2.24, 2.45) is 11.7 Å². The molecule has 5 heteroatoms. The Morgan fingerprint density at radius 1 is 1.47 bits per heavy atom. The minimum Gasteiger partial charge on any atom is -0.494 e. The molecule has 1 aliphatic rings. The van der Waals surface area contributed by atoms with Crippen LogP contribution >= 0.6 is 0 Å². The molecule has 0 saturated carbocycles. The van der Waals surface area contributed by atoms with Crippen LogP contribution in [-0.4, -0.2) is 26.5 Å². The monoisotopic (exact) mass is 283 g/mol. The Hall–Kier alpha value is -1.07. The Kier molecular flexibility index (Phi) is 4.47. The zero-order valence-electron chi connectivity index (χ0n) is 11.2. The van der Waals surface area contributed by atoms with E-state index in [0.717, 1.165) is 24.2 Å². The molecule has 2 atom stereocenters. The van der Waals surface area contributed by atoms with E-state index in [-0.39, 0.29) is 17.7 Å². The van der Waals surface area contributed by atoms with Crippen molar-refractivity contribution in [2.75, 3.05) is 18.1 Å². The molecule has 0 radical (unpaired) electrons. The maximum atomic E-state index is 11.4. The van der Waals surface area contributed by atoms with Crippen molar-refractivity contribution in [2.45, 2.75) is 25.8 Å². The summed E-state index contributed by atoms with van der Waals surface area (Å²) in [5.41, 5.74) is 7.19. The van der Waals surface area contributed by atoms with Crippen LogP contribution in [0.4, 0.5) is 0 Å². The summed E-state index contributed by atoms with van der Waals surface area (Å²) in [5, 5.41) is 0. The lowest BCUT2D eigenvalue weighted by Crippen LogP contribution is -2.16.